The average molecular weight is 435 g/mol. The molecular formula is C20H22N2O5S2. The van der Waals surface area contributed by atoms with E-state index >= 15 is 0 Å². The molecule has 0 aliphatic rings. The smallest absolute Gasteiger partial charge is 0.230 e. The summed E-state index contributed by atoms with van der Waals surface area (Å²) in [5, 5.41) is 3.23. The predicted molar refractivity (Wildman–Crippen MR) is 114 cm³/mol. The molecule has 29 heavy (non-hydrogen) atoms. The second-order valence-corrected chi connectivity index (χ2v) is 9.52. The molecule has 0 bridgehead atoms. The Kier molecular flexibility index (Phi) is 6.39. The second-order valence-electron chi connectivity index (χ2n) is 6.39. The van der Waals surface area contributed by atoms with Gasteiger partial charge in [0.15, 0.2) is 26.5 Å². The van der Waals surface area contributed by atoms with Gasteiger partial charge in [-0.05, 0) is 24.1 Å². The quantitative estimate of drug-likeness (QED) is 0.581. The lowest BCUT2D eigenvalue weighted by Gasteiger charge is -2.06. The number of thiazole rings is 1. The van der Waals surface area contributed by atoms with Crippen LogP contribution in [-0.4, -0.2) is 39.3 Å². The van der Waals surface area contributed by atoms with Crippen LogP contribution in [0, 0.1) is 0 Å². The summed E-state index contributed by atoms with van der Waals surface area (Å²) in [4.78, 5) is 17.1. The molecule has 7 nitrogen and oxygen atoms in total. The summed E-state index contributed by atoms with van der Waals surface area (Å²) in [6, 6.07) is 10.1. The molecule has 0 saturated carbocycles. The van der Waals surface area contributed by atoms with Crippen molar-refractivity contribution in [1.29, 1.82) is 0 Å². The highest BCUT2D eigenvalue weighted by atomic mass is 32.2. The molecule has 0 aliphatic heterocycles. The molecule has 1 amide bonds. The highest BCUT2D eigenvalue weighted by Crippen LogP contribution is 2.36. The third kappa shape index (κ3) is 4.86. The first-order valence-electron chi connectivity index (χ1n) is 9.00. The summed E-state index contributed by atoms with van der Waals surface area (Å²) in [5.74, 6) is 0.967. The van der Waals surface area contributed by atoms with Gasteiger partial charge in [0.05, 0.1) is 41.5 Å². The number of sulfone groups is 1. The Bertz CT molecular complexity index is 1100. The summed E-state index contributed by atoms with van der Waals surface area (Å²) in [5.41, 5.74) is 1.32. The van der Waals surface area contributed by atoms with Gasteiger partial charge in [-0.2, -0.15) is 0 Å². The van der Waals surface area contributed by atoms with E-state index in [1.165, 1.54) is 11.3 Å². The third-order valence-corrected chi connectivity index (χ3v) is 7.09. The zero-order valence-electron chi connectivity index (χ0n) is 16.4. The van der Waals surface area contributed by atoms with E-state index in [2.05, 4.69) is 10.3 Å². The van der Waals surface area contributed by atoms with Crippen LogP contribution in [0.5, 0.6) is 11.5 Å². The van der Waals surface area contributed by atoms with Crippen molar-refractivity contribution < 1.29 is 22.7 Å². The topological polar surface area (TPSA) is 94.6 Å². The number of methoxy groups -OCH3 is 2. The first-order valence-corrected chi connectivity index (χ1v) is 11.5. The predicted octanol–water partition coefficient (Wildman–Crippen LogP) is 3.68. The molecule has 1 heterocycles. The minimum atomic E-state index is -3.32. The second kappa shape index (κ2) is 8.79. The van der Waals surface area contributed by atoms with Crippen LogP contribution in [0.25, 0.3) is 10.2 Å². The minimum absolute atomic E-state index is 0.0536. The van der Waals surface area contributed by atoms with E-state index in [4.69, 9.17) is 9.47 Å². The lowest BCUT2D eigenvalue weighted by atomic mass is 10.1. The van der Waals surface area contributed by atoms with Crippen LogP contribution in [0.15, 0.2) is 41.3 Å². The molecule has 0 aliphatic carbocycles. The SMILES string of the molecule is CCCS(=O)(=O)c1cccc(CC(=O)Nc2nc3cc(OC)c(OC)cc3s2)c1. The first-order chi connectivity index (χ1) is 13.9. The molecule has 0 saturated heterocycles. The van der Waals surface area contributed by atoms with Crippen molar-refractivity contribution in [3.05, 3.63) is 42.0 Å². The van der Waals surface area contributed by atoms with Crippen LogP contribution < -0.4 is 14.8 Å². The molecule has 0 radical (unpaired) electrons. The Morgan fingerprint density at radius 3 is 2.55 bits per heavy atom. The number of hydrogen-bond donors (Lipinski definition) is 1. The van der Waals surface area contributed by atoms with Gasteiger partial charge in [0, 0.05) is 12.1 Å². The molecule has 0 atom stereocenters. The molecule has 0 fully saturated rings. The Morgan fingerprint density at radius 1 is 1.14 bits per heavy atom. The lowest BCUT2D eigenvalue weighted by molar-refractivity contribution is -0.115. The maximum Gasteiger partial charge on any atom is 0.230 e. The van der Waals surface area contributed by atoms with Crippen molar-refractivity contribution in [3.63, 3.8) is 0 Å². The number of benzene rings is 2. The van der Waals surface area contributed by atoms with Crippen molar-refractivity contribution in [2.24, 2.45) is 0 Å². The van der Waals surface area contributed by atoms with Crippen molar-refractivity contribution in [3.8, 4) is 11.5 Å². The molecule has 9 heteroatoms. The zero-order chi connectivity index (χ0) is 21.0. The minimum Gasteiger partial charge on any atom is -0.493 e. The molecule has 3 rings (SSSR count). The molecular weight excluding hydrogens is 412 g/mol. The van der Waals surface area contributed by atoms with Crippen LogP contribution in [0.2, 0.25) is 0 Å². The van der Waals surface area contributed by atoms with Crippen molar-refractivity contribution in [2.75, 3.05) is 25.3 Å². The van der Waals surface area contributed by atoms with Gasteiger partial charge in [0.2, 0.25) is 5.91 Å². The largest absolute Gasteiger partial charge is 0.493 e. The van der Waals surface area contributed by atoms with E-state index in [1.807, 2.05) is 13.0 Å². The number of amides is 1. The van der Waals surface area contributed by atoms with E-state index in [9.17, 15) is 13.2 Å². The van der Waals surface area contributed by atoms with E-state index in [0.29, 0.717) is 34.1 Å². The first kappa shape index (κ1) is 21.1. The van der Waals surface area contributed by atoms with Crippen LogP contribution in [0.3, 0.4) is 0 Å². The number of carbonyl (C=O) groups excluding carboxylic acids is 1. The Labute approximate surface area is 173 Å². The summed E-state index contributed by atoms with van der Waals surface area (Å²) < 4.78 is 35.9. The standard InChI is InChI=1S/C20H22N2O5S2/c1-4-8-29(24,25)14-7-5-6-13(9-14)10-19(23)22-20-21-15-11-16(26-2)17(27-3)12-18(15)28-20/h5-7,9,11-12H,4,8,10H2,1-3H3,(H,21,22,23). The van der Waals surface area contributed by atoms with E-state index in [0.717, 1.165) is 4.70 Å². The molecule has 1 N–H and O–H groups in total. The summed E-state index contributed by atoms with van der Waals surface area (Å²) in [6.07, 6.45) is 0.596. The number of aromatic nitrogens is 1. The number of hydrogen-bond acceptors (Lipinski definition) is 7. The van der Waals surface area contributed by atoms with Crippen LogP contribution in [0.4, 0.5) is 5.13 Å². The van der Waals surface area contributed by atoms with Crippen molar-refractivity contribution >= 4 is 42.4 Å². The normalized spacial score (nSPS) is 11.4. The highest BCUT2D eigenvalue weighted by Gasteiger charge is 2.16. The molecule has 0 unspecified atom stereocenters. The molecule has 0 spiro atoms. The number of nitrogens with one attached hydrogen (secondary N) is 1. The van der Waals surface area contributed by atoms with Gasteiger partial charge >= 0.3 is 0 Å². The number of nitrogens with zero attached hydrogens (tertiary/aromatic N) is 1. The fourth-order valence-corrected chi connectivity index (χ4v) is 5.18. The molecule has 154 valence electrons. The Hall–Kier alpha value is -2.65. The number of ether oxygens (including phenoxy) is 2. The number of anilines is 1. The Balaban J connectivity index is 1.76. The van der Waals surface area contributed by atoms with E-state index in [-0.39, 0.29) is 23.0 Å². The van der Waals surface area contributed by atoms with Crippen molar-refractivity contribution in [2.45, 2.75) is 24.7 Å². The monoisotopic (exact) mass is 434 g/mol. The Morgan fingerprint density at radius 2 is 1.86 bits per heavy atom. The molecule has 3 aromatic rings. The van der Waals surface area contributed by atoms with Gasteiger partial charge in [-0.1, -0.05) is 30.4 Å². The van der Waals surface area contributed by atoms with E-state index in [1.54, 1.807) is 44.6 Å². The van der Waals surface area contributed by atoms with Crippen molar-refractivity contribution in [1.82, 2.24) is 4.98 Å². The molecule has 2 aromatic carbocycles. The van der Waals surface area contributed by atoms with Gasteiger partial charge < -0.3 is 14.8 Å². The van der Waals surface area contributed by atoms with Gasteiger partial charge in [0.25, 0.3) is 0 Å². The lowest BCUT2D eigenvalue weighted by Crippen LogP contribution is -2.14. The van der Waals surface area contributed by atoms with E-state index < -0.39 is 9.84 Å². The van der Waals surface area contributed by atoms with Crippen LogP contribution in [-0.2, 0) is 21.1 Å². The third-order valence-electron chi connectivity index (χ3n) is 4.24. The van der Waals surface area contributed by atoms with Gasteiger partial charge in [-0.15, -0.1) is 0 Å². The average Bonchev–Trinajstić information content (AvgIpc) is 3.07. The maximum absolute atomic E-state index is 12.4. The summed E-state index contributed by atoms with van der Waals surface area (Å²) in [7, 11) is -0.217. The van der Waals surface area contributed by atoms with Crippen LogP contribution >= 0.6 is 11.3 Å². The maximum atomic E-state index is 12.4. The molecule has 1 aromatic heterocycles. The number of rotatable bonds is 8. The number of carbonyl (C=O) groups is 1. The van der Waals surface area contributed by atoms with Gasteiger partial charge in [0.1, 0.15) is 0 Å². The fourth-order valence-electron chi connectivity index (χ4n) is 2.89. The van der Waals surface area contributed by atoms with Crippen LogP contribution in [0.1, 0.15) is 18.9 Å². The highest BCUT2D eigenvalue weighted by molar-refractivity contribution is 7.91. The number of fused-ring (bicyclic) bond motifs is 1. The summed E-state index contributed by atoms with van der Waals surface area (Å²) >= 11 is 1.32. The zero-order valence-corrected chi connectivity index (χ0v) is 18.0. The summed E-state index contributed by atoms with van der Waals surface area (Å²) in [6.45, 7) is 1.82. The fraction of sp³-hybridized carbons (Fsp3) is 0.300. The van der Waals surface area contributed by atoms with Gasteiger partial charge in [-0.25, -0.2) is 13.4 Å². The van der Waals surface area contributed by atoms with Gasteiger partial charge in [-0.3, -0.25) is 4.79 Å².